The molecule has 1 aromatic heterocycles. The Hall–Kier alpha value is -2.16. The second-order valence-electron chi connectivity index (χ2n) is 4.40. The number of amides is 1. The summed E-state index contributed by atoms with van der Waals surface area (Å²) in [6, 6.07) is 13.5. The molecule has 2 aromatic rings. The van der Waals surface area contributed by atoms with Crippen LogP contribution in [0.5, 0.6) is 0 Å². The monoisotopic (exact) mass is 238 g/mol. The summed E-state index contributed by atoms with van der Waals surface area (Å²) in [6.45, 7) is 0.770. The molecule has 3 nitrogen and oxygen atoms in total. The highest BCUT2D eigenvalue weighted by atomic mass is 16.2. The molecule has 0 atom stereocenters. The number of rotatable bonds is 1. The quantitative estimate of drug-likeness (QED) is 0.765. The van der Waals surface area contributed by atoms with E-state index in [2.05, 4.69) is 11.1 Å². The van der Waals surface area contributed by atoms with Gasteiger partial charge in [-0.25, -0.2) is 0 Å². The number of hydrogen-bond acceptors (Lipinski definition) is 2. The van der Waals surface area contributed by atoms with Gasteiger partial charge in [0.05, 0.1) is 0 Å². The van der Waals surface area contributed by atoms with Crippen LogP contribution in [0, 0.1) is 0 Å². The van der Waals surface area contributed by atoms with Gasteiger partial charge in [-0.1, -0.05) is 24.3 Å². The summed E-state index contributed by atoms with van der Waals surface area (Å²) >= 11 is 0. The number of aromatic nitrogens is 1. The van der Waals surface area contributed by atoms with Crippen molar-refractivity contribution in [3.63, 3.8) is 0 Å². The molecule has 0 radical (unpaired) electrons. The van der Waals surface area contributed by atoms with Crippen LogP contribution in [0.1, 0.15) is 22.5 Å². The highest BCUT2D eigenvalue weighted by Crippen LogP contribution is 2.27. The normalized spacial score (nSPS) is 14.1. The first-order valence-corrected chi connectivity index (χ1v) is 6.17. The van der Waals surface area contributed by atoms with Crippen LogP contribution in [0.3, 0.4) is 0 Å². The topological polar surface area (TPSA) is 33.2 Å². The van der Waals surface area contributed by atoms with Gasteiger partial charge in [0.2, 0.25) is 0 Å². The highest BCUT2D eigenvalue weighted by Gasteiger charge is 2.23. The Bertz CT molecular complexity index is 566. The van der Waals surface area contributed by atoms with E-state index in [1.54, 1.807) is 12.3 Å². The number of fused-ring (bicyclic) bond motifs is 1. The van der Waals surface area contributed by atoms with Gasteiger partial charge in [0, 0.05) is 18.4 Å². The molecule has 0 spiro atoms. The number of benzene rings is 1. The van der Waals surface area contributed by atoms with Crippen LogP contribution in [0.4, 0.5) is 5.69 Å². The third-order valence-corrected chi connectivity index (χ3v) is 3.24. The first-order valence-electron chi connectivity index (χ1n) is 6.17. The summed E-state index contributed by atoms with van der Waals surface area (Å²) in [7, 11) is 0. The van der Waals surface area contributed by atoms with Gasteiger partial charge in [-0.05, 0) is 36.6 Å². The summed E-state index contributed by atoms with van der Waals surface area (Å²) in [4.78, 5) is 18.4. The number of para-hydroxylation sites is 1. The molecule has 0 bridgehead atoms. The molecular weight excluding hydrogens is 224 g/mol. The minimum absolute atomic E-state index is 0.0113. The number of anilines is 1. The van der Waals surface area contributed by atoms with Gasteiger partial charge in [0.15, 0.2) is 0 Å². The number of carbonyl (C=O) groups excluding carboxylic acids is 1. The van der Waals surface area contributed by atoms with E-state index in [0.717, 1.165) is 25.1 Å². The highest BCUT2D eigenvalue weighted by molar-refractivity contribution is 6.05. The lowest BCUT2D eigenvalue weighted by Crippen LogP contribution is -2.35. The summed E-state index contributed by atoms with van der Waals surface area (Å²) in [6.07, 6.45) is 3.71. The van der Waals surface area contributed by atoms with Crippen molar-refractivity contribution in [1.82, 2.24) is 4.98 Å². The van der Waals surface area contributed by atoms with Gasteiger partial charge >= 0.3 is 0 Å². The largest absolute Gasteiger partial charge is 0.307 e. The standard InChI is InChI=1S/C15H14N2O/c18-15(13-8-3-4-10-16-13)17-11-5-7-12-6-1-2-9-14(12)17/h1-4,6,8-10H,5,7,11H2. The van der Waals surface area contributed by atoms with Crippen molar-refractivity contribution in [2.75, 3.05) is 11.4 Å². The van der Waals surface area contributed by atoms with Gasteiger partial charge in [-0.2, -0.15) is 0 Å². The molecule has 3 rings (SSSR count). The number of carbonyl (C=O) groups is 1. The maximum Gasteiger partial charge on any atom is 0.276 e. The third kappa shape index (κ3) is 1.88. The predicted molar refractivity (Wildman–Crippen MR) is 70.7 cm³/mol. The van der Waals surface area contributed by atoms with Crippen LogP contribution in [0.25, 0.3) is 0 Å². The maximum absolute atomic E-state index is 12.4. The predicted octanol–water partition coefficient (Wildman–Crippen LogP) is 2.67. The first kappa shape index (κ1) is 11.0. The average Bonchev–Trinajstić information content (AvgIpc) is 2.47. The van der Waals surface area contributed by atoms with Gasteiger partial charge in [0.25, 0.3) is 5.91 Å². The van der Waals surface area contributed by atoms with Gasteiger partial charge in [-0.15, -0.1) is 0 Å². The number of aryl methyl sites for hydroxylation is 1. The molecule has 3 heteroatoms. The SMILES string of the molecule is O=C(c1ccccn1)N1CCCc2ccccc21. The molecule has 0 fully saturated rings. The lowest BCUT2D eigenvalue weighted by atomic mass is 10.0. The molecule has 0 N–H and O–H groups in total. The van der Waals surface area contributed by atoms with Crippen molar-refractivity contribution in [1.29, 1.82) is 0 Å². The molecule has 1 aromatic carbocycles. The molecular formula is C15H14N2O. The summed E-state index contributed by atoms with van der Waals surface area (Å²) in [5.74, 6) is -0.0113. The Labute approximate surface area is 106 Å². The molecule has 90 valence electrons. The van der Waals surface area contributed by atoms with E-state index < -0.39 is 0 Å². The summed E-state index contributed by atoms with van der Waals surface area (Å²) < 4.78 is 0. The lowest BCUT2D eigenvalue weighted by molar-refractivity contribution is 0.0980. The minimum atomic E-state index is -0.0113. The second-order valence-corrected chi connectivity index (χ2v) is 4.40. The molecule has 0 aliphatic carbocycles. The fourth-order valence-corrected chi connectivity index (χ4v) is 2.37. The molecule has 1 amide bonds. The van der Waals surface area contributed by atoms with E-state index >= 15 is 0 Å². The molecule has 2 heterocycles. The Morgan fingerprint density at radius 1 is 1.11 bits per heavy atom. The minimum Gasteiger partial charge on any atom is -0.307 e. The first-order chi connectivity index (χ1) is 8.86. The van der Waals surface area contributed by atoms with Gasteiger partial charge in [-0.3, -0.25) is 9.78 Å². The zero-order chi connectivity index (χ0) is 12.4. The molecule has 0 saturated carbocycles. The Kier molecular flexibility index (Phi) is 2.81. The van der Waals surface area contributed by atoms with Crippen molar-refractivity contribution in [3.8, 4) is 0 Å². The zero-order valence-electron chi connectivity index (χ0n) is 10.0. The van der Waals surface area contributed by atoms with Crippen LogP contribution < -0.4 is 4.90 Å². The van der Waals surface area contributed by atoms with E-state index in [4.69, 9.17) is 0 Å². The van der Waals surface area contributed by atoms with E-state index in [9.17, 15) is 4.79 Å². The van der Waals surface area contributed by atoms with Gasteiger partial charge in [0.1, 0.15) is 5.69 Å². The molecule has 18 heavy (non-hydrogen) atoms. The fourth-order valence-electron chi connectivity index (χ4n) is 2.37. The van der Waals surface area contributed by atoms with Crippen LogP contribution in [-0.2, 0) is 6.42 Å². The average molecular weight is 238 g/mol. The molecule has 1 aliphatic heterocycles. The van der Waals surface area contributed by atoms with Crippen LogP contribution in [-0.4, -0.2) is 17.4 Å². The molecule has 0 unspecified atom stereocenters. The lowest BCUT2D eigenvalue weighted by Gasteiger charge is -2.29. The van der Waals surface area contributed by atoms with E-state index in [0.29, 0.717) is 5.69 Å². The summed E-state index contributed by atoms with van der Waals surface area (Å²) in [5.41, 5.74) is 2.78. The van der Waals surface area contributed by atoms with E-state index in [1.165, 1.54) is 5.56 Å². The molecule has 1 aliphatic rings. The van der Waals surface area contributed by atoms with Crippen molar-refractivity contribution in [2.45, 2.75) is 12.8 Å². The Balaban J connectivity index is 1.97. The van der Waals surface area contributed by atoms with E-state index in [1.807, 2.05) is 35.2 Å². The number of hydrogen-bond donors (Lipinski definition) is 0. The number of nitrogens with zero attached hydrogens (tertiary/aromatic N) is 2. The van der Waals surface area contributed by atoms with Crippen molar-refractivity contribution in [3.05, 3.63) is 59.9 Å². The van der Waals surface area contributed by atoms with Crippen LogP contribution >= 0.6 is 0 Å². The van der Waals surface area contributed by atoms with Gasteiger partial charge < -0.3 is 4.90 Å². The maximum atomic E-state index is 12.4. The smallest absolute Gasteiger partial charge is 0.276 e. The summed E-state index contributed by atoms with van der Waals surface area (Å²) in [5, 5.41) is 0. The third-order valence-electron chi connectivity index (χ3n) is 3.24. The zero-order valence-corrected chi connectivity index (χ0v) is 10.0. The number of pyridine rings is 1. The van der Waals surface area contributed by atoms with E-state index in [-0.39, 0.29) is 5.91 Å². The van der Waals surface area contributed by atoms with Crippen molar-refractivity contribution < 1.29 is 4.79 Å². The Morgan fingerprint density at radius 2 is 1.94 bits per heavy atom. The van der Waals surface area contributed by atoms with Crippen molar-refractivity contribution >= 4 is 11.6 Å². The molecule has 0 saturated heterocycles. The second kappa shape index (κ2) is 4.61. The Morgan fingerprint density at radius 3 is 2.78 bits per heavy atom. The fraction of sp³-hybridized carbons (Fsp3) is 0.200. The van der Waals surface area contributed by atoms with Crippen LogP contribution in [0.2, 0.25) is 0 Å². The van der Waals surface area contributed by atoms with Crippen molar-refractivity contribution in [2.24, 2.45) is 0 Å². The van der Waals surface area contributed by atoms with Crippen LogP contribution in [0.15, 0.2) is 48.7 Å².